The zero-order chi connectivity index (χ0) is 9.80. The van der Waals surface area contributed by atoms with Crippen molar-refractivity contribution < 1.29 is 9.53 Å². The number of Topliss-reactive ketones (excluding diaryl/α,β-unsaturated/α-hetero) is 1. The Labute approximate surface area is 86.0 Å². The molecule has 1 heterocycles. The summed E-state index contributed by atoms with van der Waals surface area (Å²) in [5.74, 6) is 1.05. The Bertz CT molecular complexity index is 188. The van der Waals surface area contributed by atoms with Crippen molar-refractivity contribution in [3.63, 3.8) is 0 Å². The van der Waals surface area contributed by atoms with Crippen LogP contribution in [0.2, 0.25) is 0 Å². The molecule has 2 heteroatoms. The third kappa shape index (κ3) is 2.57. The smallest absolute Gasteiger partial charge is 0.161 e. The molecule has 14 heavy (non-hydrogen) atoms. The second-order valence-electron chi connectivity index (χ2n) is 4.68. The number of hydrogen-bond donors (Lipinski definition) is 0. The molecule has 1 saturated carbocycles. The van der Waals surface area contributed by atoms with Gasteiger partial charge < -0.3 is 4.74 Å². The summed E-state index contributed by atoms with van der Waals surface area (Å²) in [6.45, 7) is 0.793. The topological polar surface area (TPSA) is 26.3 Å². The van der Waals surface area contributed by atoms with Gasteiger partial charge in [0, 0.05) is 13.0 Å². The maximum Gasteiger partial charge on any atom is 0.161 e. The maximum absolute atomic E-state index is 11.8. The summed E-state index contributed by atoms with van der Waals surface area (Å²) in [6, 6.07) is 0. The van der Waals surface area contributed by atoms with E-state index in [-0.39, 0.29) is 6.10 Å². The monoisotopic (exact) mass is 196 g/mol. The highest BCUT2D eigenvalue weighted by atomic mass is 16.5. The Kier molecular flexibility index (Phi) is 3.57. The van der Waals surface area contributed by atoms with E-state index in [9.17, 15) is 4.79 Å². The summed E-state index contributed by atoms with van der Waals surface area (Å²) in [5, 5.41) is 0. The standard InChI is InChI=1S/C12H20O2/c13-11(9-10-5-1-2-6-10)12-7-3-4-8-14-12/h10,12H,1-9H2. The van der Waals surface area contributed by atoms with Gasteiger partial charge >= 0.3 is 0 Å². The Morgan fingerprint density at radius 3 is 2.43 bits per heavy atom. The van der Waals surface area contributed by atoms with E-state index in [1.807, 2.05) is 0 Å². The molecule has 0 N–H and O–H groups in total. The van der Waals surface area contributed by atoms with Crippen LogP contribution < -0.4 is 0 Å². The SMILES string of the molecule is O=C(CC1CCCC1)C1CCCCO1. The van der Waals surface area contributed by atoms with Crippen LogP contribution in [0.15, 0.2) is 0 Å². The molecule has 0 aromatic heterocycles. The predicted molar refractivity (Wildman–Crippen MR) is 55.2 cm³/mol. The molecule has 0 radical (unpaired) electrons. The lowest BCUT2D eigenvalue weighted by Crippen LogP contribution is -2.29. The number of carbonyl (C=O) groups is 1. The van der Waals surface area contributed by atoms with Crippen molar-refractivity contribution in [1.29, 1.82) is 0 Å². The van der Waals surface area contributed by atoms with E-state index in [0.717, 1.165) is 25.9 Å². The summed E-state index contributed by atoms with van der Waals surface area (Å²) in [4.78, 5) is 11.8. The van der Waals surface area contributed by atoms with Crippen molar-refractivity contribution in [2.75, 3.05) is 6.61 Å². The van der Waals surface area contributed by atoms with Crippen LogP contribution in [0.3, 0.4) is 0 Å². The van der Waals surface area contributed by atoms with Crippen LogP contribution >= 0.6 is 0 Å². The van der Waals surface area contributed by atoms with Gasteiger partial charge in [-0.1, -0.05) is 25.7 Å². The molecule has 2 nitrogen and oxygen atoms in total. The van der Waals surface area contributed by atoms with Crippen molar-refractivity contribution in [2.45, 2.75) is 57.5 Å². The van der Waals surface area contributed by atoms with Gasteiger partial charge in [0.2, 0.25) is 0 Å². The first-order valence-electron chi connectivity index (χ1n) is 6.00. The van der Waals surface area contributed by atoms with E-state index in [1.54, 1.807) is 0 Å². The Hall–Kier alpha value is -0.370. The second-order valence-corrected chi connectivity index (χ2v) is 4.68. The number of ether oxygens (including phenoxy) is 1. The van der Waals surface area contributed by atoms with E-state index in [2.05, 4.69) is 0 Å². The Morgan fingerprint density at radius 2 is 1.79 bits per heavy atom. The first-order valence-corrected chi connectivity index (χ1v) is 6.00. The van der Waals surface area contributed by atoms with Crippen LogP contribution in [0.5, 0.6) is 0 Å². The van der Waals surface area contributed by atoms with Crippen LogP contribution in [0.4, 0.5) is 0 Å². The molecular formula is C12H20O2. The molecule has 1 unspecified atom stereocenters. The van der Waals surface area contributed by atoms with Crippen LogP contribution in [-0.4, -0.2) is 18.5 Å². The molecule has 0 aromatic carbocycles. The van der Waals surface area contributed by atoms with Gasteiger partial charge in [-0.25, -0.2) is 0 Å². The van der Waals surface area contributed by atoms with Gasteiger partial charge in [0.05, 0.1) is 0 Å². The Balaban J connectivity index is 1.75. The molecule has 2 aliphatic rings. The van der Waals surface area contributed by atoms with Crippen LogP contribution in [0, 0.1) is 5.92 Å². The molecule has 0 amide bonds. The lowest BCUT2D eigenvalue weighted by molar-refractivity contribution is -0.134. The molecule has 1 atom stereocenters. The van der Waals surface area contributed by atoms with Crippen molar-refractivity contribution >= 4 is 5.78 Å². The van der Waals surface area contributed by atoms with Gasteiger partial charge in [-0.2, -0.15) is 0 Å². The Morgan fingerprint density at radius 1 is 1.07 bits per heavy atom. The second kappa shape index (κ2) is 4.92. The number of rotatable bonds is 3. The maximum atomic E-state index is 11.8. The zero-order valence-electron chi connectivity index (χ0n) is 8.84. The van der Waals surface area contributed by atoms with Crippen LogP contribution in [0.25, 0.3) is 0 Å². The summed E-state index contributed by atoms with van der Waals surface area (Å²) in [6.07, 6.45) is 9.17. The van der Waals surface area contributed by atoms with Crippen molar-refractivity contribution in [2.24, 2.45) is 5.92 Å². The summed E-state index contributed by atoms with van der Waals surface area (Å²) >= 11 is 0. The van der Waals surface area contributed by atoms with E-state index in [1.165, 1.54) is 32.1 Å². The lowest BCUT2D eigenvalue weighted by Gasteiger charge is -2.22. The summed E-state index contributed by atoms with van der Waals surface area (Å²) in [5.41, 5.74) is 0. The van der Waals surface area contributed by atoms with Crippen LogP contribution in [0.1, 0.15) is 51.4 Å². The predicted octanol–water partition coefficient (Wildman–Crippen LogP) is 2.70. The van der Waals surface area contributed by atoms with Gasteiger partial charge in [-0.05, 0) is 25.2 Å². The fourth-order valence-electron chi connectivity index (χ4n) is 2.63. The fourth-order valence-corrected chi connectivity index (χ4v) is 2.63. The third-order valence-electron chi connectivity index (χ3n) is 3.50. The number of carbonyl (C=O) groups excluding carboxylic acids is 1. The van der Waals surface area contributed by atoms with E-state index >= 15 is 0 Å². The summed E-state index contributed by atoms with van der Waals surface area (Å²) in [7, 11) is 0. The number of hydrogen-bond acceptors (Lipinski definition) is 2. The minimum Gasteiger partial charge on any atom is -0.370 e. The lowest BCUT2D eigenvalue weighted by atomic mass is 9.95. The van der Waals surface area contributed by atoms with Gasteiger partial charge in [0.1, 0.15) is 6.10 Å². The highest BCUT2D eigenvalue weighted by molar-refractivity contribution is 5.83. The van der Waals surface area contributed by atoms with Gasteiger partial charge in [0.15, 0.2) is 5.78 Å². The molecule has 0 aromatic rings. The van der Waals surface area contributed by atoms with Gasteiger partial charge in [-0.15, -0.1) is 0 Å². The van der Waals surface area contributed by atoms with Crippen molar-refractivity contribution in [1.82, 2.24) is 0 Å². The summed E-state index contributed by atoms with van der Waals surface area (Å²) < 4.78 is 5.50. The van der Waals surface area contributed by atoms with Gasteiger partial charge in [-0.3, -0.25) is 4.79 Å². The van der Waals surface area contributed by atoms with E-state index in [0.29, 0.717) is 11.7 Å². The minimum atomic E-state index is -0.0515. The van der Waals surface area contributed by atoms with Crippen LogP contribution in [-0.2, 0) is 9.53 Å². The molecule has 0 spiro atoms. The first kappa shape index (κ1) is 10.2. The molecule has 1 aliphatic heterocycles. The molecular weight excluding hydrogens is 176 g/mol. The highest BCUT2D eigenvalue weighted by Crippen LogP contribution is 2.29. The highest BCUT2D eigenvalue weighted by Gasteiger charge is 2.25. The fraction of sp³-hybridized carbons (Fsp3) is 0.917. The van der Waals surface area contributed by atoms with Gasteiger partial charge in [0.25, 0.3) is 0 Å². The average Bonchev–Trinajstić information content (AvgIpc) is 2.72. The molecule has 1 saturated heterocycles. The number of ketones is 1. The van der Waals surface area contributed by atoms with E-state index in [4.69, 9.17) is 4.74 Å². The molecule has 2 fully saturated rings. The average molecular weight is 196 g/mol. The van der Waals surface area contributed by atoms with Crippen molar-refractivity contribution in [3.05, 3.63) is 0 Å². The molecule has 0 bridgehead atoms. The quantitative estimate of drug-likeness (QED) is 0.693. The van der Waals surface area contributed by atoms with E-state index < -0.39 is 0 Å². The first-order chi connectivity index (χ1) is 6.86. The third-order valence-corrected chi connectivity index (χ3v) is 3.50. The normalized spacial score (nSPS) is 29.3. The zero-order valence-corrected chi connectivity index (χ0v) is 8.84. The largest absolute Gasteiger partial charge is 0.370 e. The molecule has 2 rings (SSSR count). The molecule has 1 aliphatic carbocycles. The van der Waals surface area contributed by atoms with Crippen molar-refractivity contribution in [3.8, 4) is 0 Å². The molecule has 80 valence electrons. The minimum absolute atomic E-state index is 0.0515.